The highest BCUT2D eigenvalue weighted by molar-refractivity contribution is 5.95. The lowest BCUT2D eigenvalue weighted by Crippen LogP contribution is -2.05. The van der Waals surface area contributed by atoms with Crippen LogP contribution in [0.1, 0.15) is 12.5 Å². The molecule has 20 heavy (non-hydrogen) atoms. The predicted octanol–water partition coefficient (Wildman–Crippen LogP) is 3.37. The van der Waals surface area contributed by atoms with Gasteiger partial charge in [0.15, 0.2) is 0 Å². The lowest BCUT2D eigenvalue weighted by Gasteiger charge is -2.06. The number of anilines is 1. The van der Waals surface area contributed by atoms with E-state index in [1.807, 2.05) is 42.5 Å². The smallest absolute Gasteiger partial charge is 0.221 e. The number of hydrogen-bond donors (Lipinski definition) is 1. The second-order valence-electron chi connectivity index (χ2n) is 4.22. The third kappa shape index (κ3) is 3.68. The molecular formula is C16H16N2O2. The Balaban J connectivity index is 2.22. The van der Waals surface area contributed by atoms with Crippen molar-refractivity contribution in [2.75, 3.05) is 12.4 Å². The zero-order chi connectivity index (χ0) is 14.4. The van der Waals surface area contributed by atoms with Gasteiger partial charge in [-0.3, -0.25) is 4.79 Å². The molecule has 0 aromatic heterocycles. The van der Waals surface area contributed by atoms with Crippen molar-refractivity contribution in [1.82, 2.24) is 0 Å². The molecule has 0 saturated heterocycles. The van der Waals surface area contributed by atoms with E-state index in [4.69, 9.17) is 4.74 Å². The van der Waals surface area contributed by atoms with Gasteiger partial charge in [-0.05, 0) is 36.4 Å². The number of rotatable bonds is 3. The molecule has 2 aromatic carbocycles. The number of carbonyl (C=O) groups is 1. The molecule has 2 rings (SSSR count). The summed E-state index contributed by atoms with van der Waals surface area (Å²) in [5, 5.41) is 2.71. The quantitative estimate of drug-likeness (QED) is 0.685. The topological polar surface area (TPSA) is 50.7 Å². The second-order valence-corrected chi connectivity index (χ2v) is 4.22. The summed E-state index contributed by atoms with van der Waals surface area (Å²) >= 11 is 0. The SMILES string of the molecule is COC(=Nc1ccc(NC(C)=O)cc1)c1ccccc1. The number of ether oxygens (including phenoxy) is 1. The van der Waals surface area contributed by atoms with E-state index in [2.05, 4.69) is 10.3 Å². The van der Waals surface area contributed by atoms with E-state index in [-0.39, 0.29) is 5.91 Å². The maximum absolute atomic E-state index is 10.9. The van der Waals surface area contributed by atoms with Crippen LogP contribution in [-0.4, -0.2) is 18.9 Å². The Morgan fingerprint density at radius 2 is 1.70 bits per heavy atom. The molecule has 0 heterocycles. The van der Waals surface area contributed by atoms with Gasteiger partial charge >= 0.3 is 0 Å². The highest BCUT2D eigenvalue weighted by Crippen LogP contribution is 2.18. The van der Waals surface area contributed by atoms with Gasteiger partial charge in [-0.1, -0.05) is 18.2 Å². The Morgan fingerprint density at radius 1 is 1.05 bits per heavy atom. The molecule has 4 nitrogen and oxygen atoms in total. The van der Waals surface area contributed by atoms with E-state index < -0.39 is 0 Å². The number of benzene rings is 2. The first-order valence-electron chi connectivity index (χ1n) is 6.25. The summed E-state index contributed by atoms with van der Waals surface area (Å²) in [6.45, 7) is 1.48. The third-order valence-corrected chi connectivity index (χ3v) is 2.63. The Labute approximate surface area is 118 Å². The molecule has 0 bridgehead atoms. The maximum Gasteiger partial charge on any atom is 0.221 e. The highest BCUT2D eigenvalue weighted by atomic mass is 16.5. The van der Waals surface area contributed by atoms with Crippen molar-refractivity contribution < 1.29 is 9.53 Å². The van der Waals surface area contributed by atoms with Crippen molar-refractivity contribution in [1.29, 1.82) is 0 Å². The summed E-state index contributed by atoms with van der Waals surface area (Å²) < 4.78 is 5.32. The summed E-state index contributed by atoms with van der Waals surface area (Å²) in [5.41, 5.74) is 2.43. The normalized spacial score (nSPS) is 11.0. The number of hydrogen-bond acceptors (Lipinski definition) is 3. The predicted molar refractivity (Wildman–Crippen MR) is 80.4 cm³/mol. The fourth-order valence-electron chi connectivity index (χ4n) is 1.75. The van der Waals surface area contributed by atoms with Crippen molar-refractivity contribution in [3.05, 3.63) is 60.2 Å². The molecule has 1 amide bonds. The average Bonchev–Trinajstić information content (AvgIpc) is 2.47. The Kier molecular flexibility index (Phi) is 4.50. The number of nitrogens with one attached hydrogen (secondary N) is 1. The van der Waals surface area contributed by atoms with E-state index in [0.717, 1.165) is 16.9 Å². The van der Waals surface area contributed by atoms with Crippen LogP contribution >= 0.6 is 0 Å². The van der Waals surface area contributed by atoms with Crippen LogP contribution in [0.3, 0.4) is 0 Å². The molecule has 0 fully saturated rings. The zero-order valence-corrected chi connectivity index (χ0v) is 11.5. The summed E-state index contributed by atoms with van der Waals surface area (Å²) in [7, 11) is 1.59. The van der Waals surface area contributed by atoms with Gasteiger partial charge in [0.25, 0.3) is 0 Å². The second kappa shape index (κ2) is 6.52. The Morgan fingerprint density at radius 3 is 2.25 bits per heavy atom. The highest BCUT2D eigenvalue weighted by Gasteiger charge is 2.03. The van der Waals surface area contributed by atoms with Crippen LogP contribution in [-0.2, 0) is 9.53 Å². The van der Waals surface area contributed by atoms with E-state index >= 15 is 0 Å². The molecule has 0 aliphatic heterocycles. The summed E-state index contributed by atoms with van der Waals surface area (Å²) in [5.74, 6) is 0.459. The van der Waals surface area contributed by atoms with Gasteiger partial charge in [-0.25, -0.2) is 4.99 Å². The average molecular weight is 268 g/mol. The van der Waals surface area contributed by atoms with Crippen LogP contribution < -0.4 is 5.32 Å². The number of amides is 1. The molecule has 0 atom stereocenters. The summed E-state index contributed by atoms with van der Waals surface area (Å²) in [6, 6.07) is 17.0. The summed E-state index contributed by atoms with van der Waals surface area (Å²) in [4.78, 5) is 15.4. The Hall–Kier alpha value is -2.62. The number of nitrogens with zero attached hydrogens (tertiary/aromatic N) is 1. The van der Waals surface area contributed by atoms with Gasteiger partial charge in [0.05, 0.1) is 12.8 Å². The van der Waals surface area contributed by atoms with Crippen molar-refractivity contribution in [3.8, 4) is 0 Å². The van der Waals surface area contributed by atoms with E-state index in [1.54, 1.807) is 19.2 Å². The molecule has 1 N–H and O–H groups in total. The van der Waals surface area contributed by atoms with Crippen molar-refractivity contribution in [2.45, 2.75) is 6.92 Å². The Bertz CT molecular complexity index is 604. The largest absolute Gasteiger partial charge is 0.481 e. The minimum absolute atomic E-state index is 0.0943. The molecule has 0 aliphatic carbocycles. The molecule has 4 heteroatoms. The minimum atomic E-state index is -0.0943. The zero-order valence-electron chi connectivity index (χ0n) is 11.5. The van der Waals surface area contributed by atoms with Crippen molar-refractivity contribution in [2.24, 2.45) is 4.99 Å². The van der Waals surface area contributed by atoms with Crippen molar-refractivity contribution >= 4 is 23.2 Å². The number of aliphatic imine (C=N–C) groups is 1. The van der Waals surface area contributed by atoms with Gasteiger partial charge in [-0.15, -0.1) is 0 Å². The van der Waals surface area contributed by atoms with E-state index in [0.29, 0.717) is 5.90 Å². The van der Waals surface area contributed by atoms with Crippen LogP contribution in [0.2, 0.25) is 0 Å². The van der Waals surface area contributed by atoms with Gasteiger partial charge in [0, 0.05) is 18.2 Å². The molecule has 0 saturated carbocycles. The fraction of sp³-hybridized carbons (Fsp3) is 0.125. The fourth-order valence-corrected chi connectivity index (χ4v) is 1.75. The lowest BCUT2D eigenvalue weighted by atomic mass is 10.2. The number of carbonyl (C=O) groups excluding carboxylic acids is 1. The lowest BCUT2D eigenvalue weighted by molar-refractivity contribution is -0.114. The standard InChI is InChI=1S/C16H16N2O2/c1-12(19)17-14-8-10-15(11-9-14)18-16(20-2)13-6-4-3-5-7-13/h3-11H,1-2H3,(H,17,19). The molecular weight excluding hydrogens is 252 g/mol. The van der Waals surface area contributed by atoms with Gasteiger partial charge in [0.2, 0.25) is 11.8 Å². The monoisotopic (exact) mass is 268 g/mol. The molecule has 2 aromatic rings. The van der Waals surface area contributed by atoms with Gasteiger partial charge in [-0.2, -0.15) is 0 Å². The first-order valence-corrected chi connectivity index (χ1v) is 6.25. The van der Waals surface area contributed by atoms with E-state index in [9.17, 15) is 4.79 Å². The molecule has 102 valence electrons. The van der Waals surface area contributed by atoms with Crippen molar-refractivity contribution in [3.63, 3.8) is 0 Å². The maximum atomic E-state index is 10.9. The summed E-state index contributed by atoms with van der Waals surface area (Å²) in [6.07, 6.45) is 0. The van der Waals surface area contributed by atoms with Crippen LogP contribution in [0.4, 0.5) is 11.4 Å². The van der Waals surface area contributed by atoms with Crippen LogP contribution in [0.15, 0.2) is 59.6 Å². The first kappa shape index (κ1) is 13.8. The molecule has 0 radical (unpaired) electrons. The van der Waals surface area contributed by atoms with Gasteiger partial charge in [0.1, 0.15) is 0 Å². The molecule has 0 unspecified atom stereocenters. The van der Waals surface area contributed by atoms with Crippen LogP contribution in [0.25, 0.3) is 0 Å². The van der Waals surface area contributed by atoms with Crippen LogP contribution in [0, 0.1) is 0 Å². The van der Waals surface area contributed by atoms with Crippen LogP contribution in [0.5, 0.6) is 0 Å². The minimum Gasteiger partial charge on any atom is -0.481 e. The molecule has 0 spiro atoms. The number of methoxy groups -OCH3 is 1. The molecule has 0 aliphatic rings. The van der Waals surface area contributed by atoms with Gasteiger partial charge < -0.3 is 10.1 Å². The third-order valence-electron chi connectivity index (χ3n) is 2.63. The van der Waals surface area contributed by atoms with E-state index in [1.165, 1.54) is 6.92 Å². The first-order chi connectivity index (χ1) is 9.69.